The minimum absolute atomic E-state index is 0.165. The largest absolute Gasteiger partial charge is 0.462 e. The fourth-order valence-electron chi connectivity index (χ4n) is 3.33. The molecule has 0 atom stereocenters. The van der Waals surface area contributed by atoms with Crippen LogP contribution in [0.3, 0.4) is 0 Å². The summed E-state index contributed by atoms with van der Waals surface area (Å²) >= 11 is 0. The molecule has 0 radical (unpaired) electrons. The SMILES string of the molecule is CC(C)(C)c1ccccc1OP(=O)(Oc1ccccc1C(C)(C)C)c1ccccc1. The lowest BCUT2D eigenvalue weighted by atomic mass is 9.86. The second kappa shape index (κ2) is 8.32. The molecule has 30 heavy (non-hydrogen) atoms. The van der Waals surface area contributed by atoms with Crippen LogP contribution in [0.4, 0.5) is 0 Å². The van der Waals surface area contributed by atoms with Crippen molar-refractivity contribution in [3.8, 4) is 11.5 Å². The van der Waals surface area contributed by atoms with Crippen molar-refractivity contribution >= 4 is 12.9 Å². The van der Waals surface area contributed by atoms with E-state index in [1.54, 1.807) is 12.1 Å². The molecule has 0 N–H and O–H groups in total. The Morgan fingerprint density at radius 3 is 1.33 bits per heavy atom. The number of para-hydroxylation sites is 2. The van der Waals surface area contributed by atoms with Crippen LogP contribution in [-0.4, -0.2) is 0 Å². The molecular weight excluding hydrogens is 391 g/mol. The molecule has 3 aromatic carbocycles. The predicted octanol–water partition coefficient (Wildman–Crippen LogP) is 7.26. The molecule has 0 saturated carbocycles. The average molecular weight is 423 g/mol. The Bertz CT molecular complexity index is 980. The van der Waals surface area contributed by atoms with Gasteiger partial charge in [0.2, 0.25) is 0 Å². The Balaban J connectivity index is 2.12. The third kappa shape index (κ3) is 4.96. The van der Waals surface area contributed by atoms with Gasteiger partial charge in [0.25, 0.3) is 0 Å². The molecular formula is C26H31O3P. The maximum atomic E-state index is 14.3. The summed E-state index contributed by atoms with van der Waals surface area (Å²) in [7, 11) is -3.71. The standard InChI is InChI=1S/C26H31O3P/c1-25(2,3)21-16-10-12-18-23(21)28-30(27,20-14-8-7-9-15-20)29-24-19-13-11-17-22(24)26(4,5)6/h7-19H,1-6H3. The maximum absolute atomic E-state index is 14.3. The minimum Gasteiger partial charge on any atom is -0.412 e. The van der Waals surface area contributed by atoms with E-state index in [0.717, 1.165) is 11.1 Å². The third-order valence-electron chi connectivity index (χ3n) is 4.90. The Hall–Kier alpha value is -2.51. The molecule has 0 bridgehead atoms. The monoisotopic (exact) mass is 422 g/mol. The molecule has 0 spiro atoms. The fourth-order valence-corrected chi connectivity index (χ4v) is 4.95. The van der Waals surface area contributed by atoms with Gasteiger partial charge in [-0.2, -0.15) is 0 Å². The smallest absolute Gasteiger partial charge is 0.412 e. The Labute approximate surface area is 180 Å². The van der Waals surface area contributed by atoms with E-state index < -0.39 is 7.60 Å². The number of hydrogen-bond donors (Lipinski definition) is 0. The van der Waals surface area contributed by atoms with E-state index in [0.29, 0.717) is 16.8 Å². The lowest BCUT2D eigenvalue weighted by molar-refractivity contribution is 0.388. The number of benzene rings is 3. The van der Waals surface area contributed by atoms with Gasteiger partial charge in [-0.05, 0) is 35.1 Å². The third-order valence-corrected chi connectivity index (χ3v) is 6.70. The van der Waals surface area contributed by atoms with Gasteiger partial charge in [0, 0.05) is 11.1 Å². The molecule has 0 aromatic heterocycles. The van der Waals surface area contributed by atoms with E-state index >= 15 is 0 Å². The van der Waals surface area contributed by atoms with E-state index in [1.807, 2.05) is 66.7 Å². The topological polar surface area (TPSA) is 35.5 Å². The van der Waals surface area contributed by atoms with E-state index in [1.165, 1.54) is 0 Å². The van der Waals surface area contributed by atoms with Gasteiger partial charge in [0.05, 0.1) is 5.30 Å². The highest BCUT2D eigenvalue weighted by atomic mass is 31.2. The molecule has 0 aliphatic heterocycles. The van der Waals surface area contributed by atoms with Crippen molar-refractivity contribution in [3.63, 3.8) is 0 Å². The first-order valence-electron chi connectivity index (χ1n) is 10.2. The second-order valence-electron chi connectivity index (χ2n) is 9.51. The summed E-state index contributed by atoms with van der Waals surface area (Å²) in [6, 6.07) is 24.6. The van der Waals surface area contributed by atoms with Crippen LogP contribution in [0.15, 0.2) is 78.9 Å². The van der Waals surface area contributed by atoms with E-state index in [9.17, 15) is 4.57 Å². The van der Waals surface area contributed by atoms with Crippen LogP contribution < -0.4 is 14.4 Å². The van der Waals surface area contributed by atoms with Gasteiger partial charge in [-0.25, -0.2) is 4.57 Å². The normalized spacial score (nSPS) is 12.5. The maximum Gasteiger partial charge on any atom is 0.462 e. The number of rotatable bonds is 5. The average Bonchev–Trinajstić information content (AvgIpc) is 2.68. The quantitative estimate of drug-likeness (QED) is 0.406. The predicted molar refractivity (Wildman–Crippen MR) is 125 cm³/mol. The molecule has 0 unspecified atom stereocenters. The zero-order valence-corrected chi connectivity index (χ0v) is 19.6. The summed E-state index contributed by atoms with van der Waals surface area (Å²) in [6.45, 7) is 12.7. The highest BCUT2D eigenvalue weighted by Gasteiger charge is 2.35. The van der Waals surface area contributed by atoms with Crippen molar-refractivity contribution in [1.29, 1.82) is 0 Å². The molecule has 158 valence electrons. The first kappa shape index (κ1) is 22.2. The van der Waals surface area contributed by atoms with Crippen LogP contribution >= 0.6 is 7.60 Å². The van der Waals surface area contributed by atoms with E-state index in [4.69, 9.17) is 9.05 Å². The first-order valence-corrected chi connectivity index (χ1v) is 11.8. The van der Waals surface area contributed by atoms with E-state index in [2.05, 4.69) is 41.5 Å². The van der Waals surface area contributed by atoms with Crippen LogP contribution in [0, 0.1) is 0 Å². The summed E-state index contributed by atoms with van der Waals surface area (Å²) in [4.78, 5) is 0. The molecule has 0 aliphatic carbocycles. The summed E-state index contributed by atoms with van der Waals surface area (Å²) < 4.78 is 26.8. The Kier molecular flexibility index (Phi) is 6.15. The molecule has 3 nitrogen and oxygen atoms in total. The lowest BCUT2D eigenvalue weighted by Gasteiger charge is -2.28. The fraction of sp³-hybridized carbons (Fsp3) is 0.308. The molecule has 0 heterocycles. The van der Waals surface area contributed by atoms with Crippen LogP contribution in [-0.2, 0) is 15.4 Å². The Morgan fingerprint density at radius 2 is 0.933 bits per heavy atom. The highest BCUT2D eigenvalue weighted by molar-refractivity contribution is 7.63. The molecule has 4 heteroatoms. The van der Waals surface area contributed by atoms with Gasteiger partial charge < -0.3 is 9.05 Å². The van der Waals surface area contributed by atoms with Crippen molar-refractivity contribution < 1.29 is 13.6 Å². The van der Waals surface area contributed by atoms with Gasteiger partial charge in [0.1, 0.15) is 11.5 Å². The van der Waals surface area contributed by atoms with E-state index in [-0.39, 0.29) is 10.8 Å². The van der Waals surface area contributed by atoms with Crippen molar-refractivity contribution in [3.05, 3.63) is 90.0 Å². The highest BCUT2D eigenvalue weighted by Crippen LogP contribution is 2.51. The molecule has 0 aliphatic rings. The van der Waals surface area contributed by atoms with Crippen molar-refractivity contribution in [2.45, 2.75) is 52.4 Å². The summed E-state index contributed by atoms with van der Waals surface area (Å²) in [5.41, 5.74) is 1.63. The minimum atomic E-state index is -3.71. The van der Waals surface area contributed by atoms with Crippen LogP contribution in [0.5, 0.6) is 11.5 Å². The van der Waals surface area contributed by atoms with Crippen molar-refractivity contribution in [1.82, 2.24) is 0 Å². The van der Waals surface area contributed by atoms with Crippen LogP contribution in [0.25, 0.3) is 0 Å². The zero-order valence-electron chi connectivity index (χ0n) is 18.7. The summed E-state index contributed by atoms with van der Waals surface area (Å²) in [5, 5.41) is 0.525. The first-order chi connectivity index (χ1) is 14.0. The molecule has 3 rings (SSSR count). The lowest BCUT2D eigenvalue weighted by Crippen LogP contribution is -2.19. The Morgan fingerprint density at radius 1 is 0.567 bits per heavy atom. The zero-order chi connectivity index (χ0) is 22.0. The summed E-state index contributed by atoms with van der Waals surface area (Å²) in [6.07, 6.45) is 0. The van der Waals surface area contributed by atoms with Crippen molar-refractivity contribution in [2.24, 2.45) is 0 Å². The molecule has 0 amide bonds. The second-order valence-corrected chi connectivity index (χ2v) is 11.4. The molecule has 0 fully saturated rings. The van der Waals surface area contributed by atoms with Gasteiger partial charge in [0.15, 0.2) is 0 Å². The summed E-state index contributed by atoms with van der Waals surface area (Å²) in [5.74, 6) is 1.15. The molecule has 0 saturated heterocycles. The molecule has 3 aromatic rings. The van der Waals surface area contributed by atoms with Gasteiger partial charge >= 0.3 is 7.60 Å². The van der Waals surface area contributed by atoms with Crippen molar-refractivity contribution in [2.75, 3.05) is 0 Å². The van der Waals surface area contributed by atoms with Gasteiger partial charge in [-0.15, -0.1) is 0 Å². The van der Waals surface area contributed by atoms with Gasteiger partial charge in [-0.3, -0.25) is 0 Å². The van der Waals surface area contributed by atoms with Crippen LogP contribution in [0.2, 0.25) is 0 Å². The van der Waals surface area contributed by atoms with Crippen LogP contribution in [0.1, 0.15) is 52.7 Å². The van der Waals surface area contributed by atoms with Gasteiger partial charge in [-0.1, -0.05) is 96.1 Å². The number of hydrogen-bond acceptors (Lipinski definition) is 3.